The molecular weight excluding hydrogens is 349 g/mol. The summed E-state index contributed by atoms with van der Waals surface area (Å²) in [5.74, 6) is 0. The third-order valence-electron chi connectivity index (χ3n) is 4.11. The summed E-state index contributed by atoms with van der Waals surface area (Å²) in [5, 5.41) is 4.82. The molecule has 0 radical (unpaired) electrons. The molecule has 1 saturated heterocycles. The van der Waals surface area contributed by atoms with Gasteiger partial charge in [0.1, 0.15) is 0 Å². The number of rotatable bonds is 2. The highest BCUT2D eigenvalue weighted by molar-refractivity contribution is 9.10. The van der Waals surface area contributed by atoms with Gasteiger partial charge in [-0.05, 0) is 44.2 Å². The summed E-state index contributed by atoms with van der Waals surface area (Å²) in [5.41, 5.74) is 0.970. The van der Waals surface area contributed by atoms with Crippen molar-refractivity contribution < 1.29 is 4.74 Å². The highest BCUT2D eigenvalue weighted by Crippen LogP contribution is 2.44. The van der Waals surface area contributed by atoms with E-state index in [1.165, 1.54) is 19.3 Å². The van der Waals surface area contributed by atoms with E-state index in [1.807, 2.05) is 12.1 Å². The summed E-state index contributed by atoms with van der Waals surface area (Å²) < 4.78 is 6.83. The molecule has 1 aromatic carbocycles. The van der Waals surface area contributed by atoms with Crippen LogP contribution in [-0.4, -0.2) is 18.2 Å². The zero-order chi connectivity index (χ0) is 13.5. The Morgan fingerprint density at radius 1 is 1.26 bits per heavy atom. The van der Waals surface area contributed by atoms with Crippen LogP contribution >= 0.6 is 39.1 Å². The van der Waals surface area contributed by atoms with Crippen LogP contribution in [0.1, 0.15) is 32.1 Å². The number of hydrogen-bond donors (Lipinski definition) is 1. The quantitative estimate of drug-likeness (QED) is 0.771. The van der Waals surface area contributed by atoms with E-state index in [0.717, 1.165) is 29.6 Å². The average Bonchev–Trinajstić information content (AvgIpc) is 2.32. The van der Waals surface area contributed by atoms with Gasteiger partial charge in [-0.2, -0.15) is 0 Å². The van der Waals surface area contributed by atoms with Crippen LogP contribution in [0.15, 0.2) is 16.6 Å². The second kappa shape index (κ2) is 5.44. The predicted molar refractivity (Wildman–Crippen MR) is 83.3 cm³/mol. The van der Waals surface area contributed by atoms with E-state index in [4.69, 9.17) is 27.9 Å². The van der Waals surface area contributed by atoms with Gasteiger partial charge in [0.2, 0.25) is 0 Å². The summed E-state index contributed by atoms with van der Waals surface area (Å²) in [6, 6.07) is 4.13. The normalized spacial score (nSPS) is 25.1. The minimum absolute atomic E-state index is 0.129. The molecule has 1 heterocycles. The zero-order valence-electron chi connectivity index (χ0n) is 10.5. The van der Waals surface area contributed by atoms with Crippen molar-refractivity contribution in [2.75, 3.05) is 11.9 Å². The first-order valence-electron chi connectivity index (χ1n) is 6.63. The molecule has 0 amide bonds. The Kier molecular flexibility index (Phi) is 4.01. The fraction of sp³-hybridized carbons (Fsp3) is 0.571. The van der Waals surface area contributed by atoms with Gasteiger partial charge in [0.25, 0.3) is 0 Å². The van der Waals surface area contributed by atoms with Gasteiger partial charge < -0.3 is 10.1 Å². The fourth-order valence-electron chi connectivity index (χ4n) is 2.95. The number of anilines is 1. The summed E-state index contributed by atoms with van der Waals surface area (Å²) in [6.45, 7) is 0.823. The molecule has 1 spiro atoms. The van der Waals surface area contributed by atoms with E-state index >= 15 is 0 Å². The van der Waals surface area contributed by atoms with E-state index < -0.39 is 0 Å². The molecule has 1 aliphatic heterocycles. The maximum atomic E-state index is 6.26. The van der Waals surface area contributed by atoms with E-state index in [2.05, 4.69) is 21.2 Å². The Hall–Kier alpha value is 0.0400. The van der Waals surface area contributed by atoms with Crippen molar-refractivity contribution in [1.82, 2.24) is 0 Å². The standard InChI is InChI=1S/C14H16BrCl2NO/c15-9-6-11(16)13(12(17)7-9)18-10-2-5-19-14(8-10)3-1-4-14/h6-7,10,18H,1-5,8H2. The Bertz CT molecular complexity index is 467. The Labute approximate surface area is 131 Å². The van der Waals surface area contributed by atoms with Crippen LogP contribution in [-0.2, 0) is 4.74 Å². The van der Waals surface area contributed by atoms with Crippen molar-refractivity contribution in [3.8, 4) is 0 Å². The van der Waals surface area contributed by atoms with E-state index in [1.54, 1.807) is 0 Å². The highest BCUT2D eigenvalue weighted by atomic mass is 79.9. The third-order valence-corrected chi connectivity index (χ3v) is 5.17. The Morgan fingerprint density at radius 2 is 1.95 bits per heavy atom. The molecule has 0 aromatic heterocycles. The lowest BCUT2D eigenvalue weighted by atomic mass is 9.74. The second-order valence-electron chi connectivity index (χ2n) is 5.46. The van der Waals surface area contributed by atoms with Crippen LogP contribution in [0.4, 0.5) is 5.69 Å². The summed E-state index contributed by atoms with van der Waals surface area (Å²) in [7, 11) is 0. The fourth-order valence-corrected chi connectivity index (χ4v) is 4.27. The number of halogens is 3. The van der Waals surface area contributed by atoms with Crippen molar-refractivity contribution >= 4 is 44.8 Å². The monoisotopic (exact) mass is 363 g/mol. The molecule has 3 rings (SSSR count). The molecule has 19 heavy (non-hydrogen) atoms. The smallest absolute Gasteiger partial charge is 0.0721 e. The van der Waals surface area contributed by atoms with Crippen LogP contribution < -0.4 is 5.32 Å². The van der Waals surface area contributed by atoms with Gasteiger partial charge >= 0.3 is 0 Å². The van der Waals surface area contributed by atoms with Crippen LogP contribution in [0.25, 0.3) is 0 Å². The molecule has 2 fully saturated rings. The van der Waals surface area contributed by atoms with Crippen molar-refractivity contribution in [2.45, 2.75) is 43.7 Å². The number of nitrogens with one attached hydrogen (secondary N) is 1. The lowest BCUT2D eigenvalue weighted by Crippen LogP contribution is -2.49. The topological polar surface area (TPSA) is 21.3 Å². The van der Waals surface area contributed by atoms with E-state index in [-0.39, 0.29) is 5.60 Å². The van der Waals surface area contributed by atoms with Crippen molar-refractivity contribution in [1.29, 1.82) is 0 Å². The van der Waals surface area contributed by atoms with Crippen LogP contribution in [0, 0.1) is 0 Å². The molecule has 0 bridgehead atoms. The van der Waals surface area contributed by atoms with E-state index in [0.29, 0.717) is 16.1 Å². The molecule has 104 valence electrons. The van der Waals surface area contributed by atoms with Crippen molar-refractivity contribution in [3.05, 3.63) is 26.7 Å². The predicted octanol–water partition coefficient (Wildman–Crippen LogP) is 5.27. The van der Waals surface area contributed by atoms with Crippen molar-refractivity contribution in [2.24, 2.45) is 0 Å². The molecule has 1 unspecified atom stereocenters. The largest absolute Gasteiger partial charge is 0.380 e. The summed E-state index contributed by atoms with van der Waals surface area (Å²) >= 11 is 15.9. The second-order valence-corrected chi connectivity index (χ2v) is 7.19. The van der Waals surface area contributed by atoms with Gasteiger partial charge in [-0.15, -0.1) is 0 Å². The number of hydrogen-bond acceptors (Lipinski definition) is 2. The van der Waals surface area contributed by atoms with Gasteiger partial charge in [-0.3, -0.25) is 0 Å². The van der Waals surface area contributed by atoms with E-state index in [9.17, 15) is 0 Å². The Balaban J connectivity index is 1.74. The van der Waals surface area contributed by atoms with Crippen LogP contribution in [0.5, 0.6) is 0 Å². The first-order chi connectivity index (χ1) is 9.08. The molecule has 1 aliphatic carbocycles. The minimum Gasteiger partial charge on any atom is -0.380 e. The Morgan fingerprint density at radius 3 is 2.53 bits per heavy atom. The lowest BCUT2D eigenvalue weighted by Gasteiger charge is -2.47. The maximum Gasteiger partial charge on any atom is 0.0721 e. The SMILES string of the molecule is Clc1cc(Br)cc(Cl)c1NC1CCOC2(CCC2)C1. The van der Waals surface area contributed by atoms with Crippen molar-refractivity contribution in [3.63, 3.8) is 0 Å². The molecule has 5 heteroatoms. The minimum atomic E-state index is 0.129. The molecule has 1 saturated carbocycles. The van der Waals surface area contributed by atoms with Gasteiger partial charge in [0.05, 0.1) is 21.3 Å². The first kappa shape index (κ1) is 14.0. The van der Waals surface area contributed by atoms with Gasteiger partial charge in [-0.25, -0.2) is 0 Å². The average molecular weight is 365 g/mol. The van der Waals surface area contributed by atoms with Gasteiger partial charge in [0, 0.05) is 17.1 Å². The van der Waals surface area contributed by atoms with Gasteiger partial charge in [-0.1, -0.05) is 39.1 Å². The molecule has 1 atom stereocenters. The zero-order valence-corrected chi connectivity index (χ0v) is 13.6. The molecule has 2 nitrogen and oxygen atoms in total. The van der Waals surface area contributed by atoms with Crippen LogP contribution in [0.3, 0.4) is 0 Å². The number of benzene rings is 1. The third kappa shape index (κ3) is 2.90. The number of ether oxygens (including phenoxy) is 1. The summed E-state index contributed by atoms with van der Waals surface area (Å²) in [6.07, 6.45) is 5.71. The molecule has 1 aromatic rings. The van der Waals surface area contributed by atoms with Gasteiger partial charge in [0.15, 0.2) is 0 Å². The lowest BCUT2D eigenvalue weighted by molar-refractivity contribution is -0.130. The van der Waals surface area contributed by atoms with Crippen LogP contribution in [0.2, 0.25) is 10.0 Å². The first-order valence-corrected chi connectivity index (χ1v) is 8.18. The highest BCUT2D eigenvalue weighted by Gasteiger charge is 2.42. The molecule has 2 aliphatic rings. The molecule has 1 N–H and O–H groups in total. The summed E-state index contributed by atoms with van der Waals surface area (Å²) in [4.78, 5) is 0. The maximum absolute atomic E-state index is 6.26. The molecular formula is C14H16BrCl2NO.